The predicted molar refractivity (Wildman–Crippen MR) is 120 cm³/mol. The van der Waals surface area contributed by atoms with Crippen LogP contribution in [0.1, 0.15) is 31.9 Å². The lowest BCUT2D eigenvalue weighted by molar-refractivity contribution is -0.144. The molecule has 2 N–H and O–H groups in total. The van der Waals surface area contributed by atoms with Crippen LogP contribution in [0.25, 0.3) is 10.8 Å². The molecule has 1 aliphatic heterocycles. The van der Waals surface area contributed by atoms with E-state index >= 15 is 0 Å². The number of carboxylic acids is 1. The fourth-order valence-electron chi connectivity index (χ4n) is 4.26. The average Bonchev–Trinajstić information content (AvgIpc) is 3.21. The molecule has 0 saturated carbocycles. The van der Waals surface area contributed by atoms with Crippen molar-refractivity contribution in [3.63, 3.8) is 0 Å². The Morgan fingerprint density at radius 2 is 1.94 bits per heavy atom. The number of benzene rings is 3. The first kappa shape index (κ1) is 21.1. The number of carboxylic acid groups (broad SMARTS) is 1. The molecule has 3 aromatic carbocycles. The molecule has 1 saturated heterocycles. The maximum Gasteiger partial charge on any atom is 0.344 e. The lowest BCUT2D eigenvalue weighted by Crippen LogP contribution is -2.34. The summed E-state index contributed by atoms with van der Waals surface area (Å²) < 4.78 is 20.0. The molecule has 3 atom stereocenters. The summed E-state index contributed by atoms with van der Waals surface area (Å²) in [7, 11) is 0. The third kappa shape index (κ3) is 4.64. The summed E-state index contributed by atoms with van der Waals surface area (Å²) in [4.78, 5) is 13.0. The van der Waals surface area contributed by atoms with Gasteiger partial charge in [0.05, 0.1) is 5.69 Å². The lowest BCUT2D eigenvalue weighted by atomic mass is 9.99. The van der Waals surface area contributed by atoms with Gasteiger partial charge in [-0.15, -0.1) is 0 Å². The van der Waals surface area contributed by atoms with Gasteiger partial charge < -0.3 is 20.1 Å². The number of halogens is 1. The second-order valence-corrected chi connectivity index (χ2v) is 8.10. The summed E-state index contributed by atoms with van der Waals surface area (Å²) in [5, 5.41) is 15.1. The summed E-state index contributed by atoms with van der Waals surface area (Å²) in [6.45, 7) is 5.04. The predicted octanol–water partition coefficient (Wildman–Crippen LogP) is 4.76. The second kappa shape index (κ2) is 8.94. The van der Waals surface area contributed by atoms with Gasteiger partial charge in [-0.25, -0.2) is 9.18 Å². The SMILES string of the molecule is C[C@H](Oc1ccc(N2CC[C@H](N[C@H](C)c3cccc4ccccc34)C2)c(F)c1)C(=O)O. The van der Waals surface area contributed by atoms with Crippen molar-refractivity contribution in [2.45, 2.75) is 38.5 Å². The van der Waals surface area contributed by atoms with Crippen LogP contribution < -0.4 is 15.0 Å². The molecule has 1 heterocycles. The van der Waals surface area contributed by atoms with Crippen LogP contribution in [0.15, 0.2) is 60.7 Å². The largest absolute Gasteiger partial charge is 0.479 e. The van der Waals surface area contributed by atoms with Gasteiger partial charge in [0, 0.05) is 31.2 Å². The van der Waals surface area contributed by atoms with Crippen LogP contribution >= 0.6 is 0 Å². The Morgan fingerprint density at radius 3 is 2.71 bits per heavy atom. The zero-order valence-electron chi connectivity index (χ0n) is 17.7. The molecule has 1 aliphatic rings. The Kier molecular flexibility index (Phi) is 6.09. The summed E-state index contributed by atoms with van der Waals surface area (Å²) >= 11 is 0. The van der Waals surface area contributed by atoms with Crippen LogP contribution in [-0.2, 0) is 4.79 Å². The number of anilines is 1. The van der Waals surface area contributed by atoms with Gasteiger partial charge in [0.15, 0.2) is 6.10 Å². The van der Waals surface area contributed by atoms with Crippen molar-refractivity contribution in [2.75, 3.05) is 18.0 Å². The molecule has 6 heteroatoms. The number of nitrogens with zero attached hydrogens (tertiary/aromatic N) is 1. The van der Waals surface area contributed by atoms with Gasteiger partial charge in [-0.3, -0.25) is 0 Å². The molecule has 0 radical (unpaired) electrons. The fourth-order valence-corrected chi connectivity index (χ4v) is 4.26. The summed E-state index contributed by atoms with van der Waals surface area (Å²) in [5.41, 5.74) is 1.77. The minimum Gasteiger partial charge on any atom is -0.479 e. The van der Waals surface area contributed by atoms with Crippen LogP contribution in [0, 0.1) is 5.82 Å². The molecule has 3 aromatic rings. The van der Waals surface area contributed by atoms with Gasteiger partial charge >= 0.3 is 5.97 Å². The normalized spacial score (nSPS) is 18.2. The van der Waals surface area contributed by atoms with E-state index in [0.717, 1.165) is 13.0 Å². The molecule has 0 unspecified atom stereocenters. The molecule has 5 nitrogen and oxygen atoms in total. The van der Waals surface area contributed by atoms with Gasteiger partial charge in [0.1, 0.15) is 11.6 Å². The van der Waals surface area contributed by atoms with Crippen molar-refractivity contribution in [1.29, 1.82) is 0 Å². The Labute approximate surface area is 181 Å². The van der Waals surface area contributed by atoms with E-state index in [0.29, 0.717) is 12.2 Å². The third-order valence-electron chi connectivity index (χ3n) is 5.88. The first-order valence-corrected chi connectivity index (χ1v) is 10.6. The lowest BCUT2D eigenvalue weighted by Gasteiger charge is -2.23. The van der Waals surface area contributed by atoms with Gasteiger partial charge in [-0.1, -0.05) is 42.5 Å². The van der Waals surface area contributed by atoms with Crippen molar-refractivity contribution < 1.29 is 19.0 Å². The molecule has 0 bridgehead atoms. The van der Waals surface area contributed by atoms with E-state index in [1.165, 1.54) is 29.3 Å². The highest BCUT2D eigenvalue weighted by molar-refractivity contribution is 5.86. The number of hydrogen-bond acceptors (Lipinski definition) is 4. The van der Waals surface area contributed by atoms with Crippen molar-refractivity contribution in [3.8, 4) is 5.75 Å². The van der Waals surface area contributed by atoms with E-state index in [1.807, 2.05) is 11.0 Å². The van der Waals surface area contributed by atoms with Crippen LogP contribution in [-0.4, -0.2) is 36.3 Å². The van der Waals surface area contributed by atoms with Gasteiger partial charge in [-0.05, 0) is 48.7 Å². The van der Waals surface area contributed by atoms with Crippen molar-refractivity contribution in [1.82, 2.24) is 5.32 Å². The topological polar surface area (TPSA) is 61.8 Å². The van der Waals surface area contributed by atoms with Gasteiger partial charge in [-0.2, -0.15) is 0 Å². The average molecular weight is 423 g/mol. The number of rotatable bonds is 7. The molecule has 0 amide bonds. The Bertz CT molecular complexity index is 1080. The van der Waals surface area contributed by atoms with Crippen LogP contribution in [0.2, 0.25) is 0 Å². The standard InChI is InChI=1S/C25H27FN2O3/c1-16(21-9-5-7-18-6-3-4-8-22(18)21)27-19-12-13-28(15-19)24-11-10-20(14-23(24)26)31-17(2)25(29)30/h3-11,14,16-17,19,27H,12-13,15H2,1-2H3,(H,29,30)/t16-,17+,19+/m1/s1. The molecule has 0 aromatic heterocycles. The highest BCUT2D eigenvalue weighted by atomic mass is 19.1. The number of carbonyl (C=O) groups is 1. The third-order valence-corrected chi connectivity index (χ3v) is 5.88. The van der Waals surface area contributed by atoms with Crippen LogP contribution in [0.4, 0.5) is 10.1 Å². The molecule has 31 heavy (non-hydrogen) atoms. The minimum absolute atomic E-state index is 0.175. The van der Waals surface area contributed by atoms with Gasteiger partial charge in [0.2, 0.25) is 0 Å². The van der Waals surface area contributed by atoms with E-state index < -0.39 is 17.9 Å². The monoisotopic (exact) mass is 422 g/mol. The molecular formula is C25H27FN2O3. The first-order chi connectivity index (χ1) is 14.9. The molecule has 0 aliphatic carbocycles. The number of nitrogens with one attached hydrogen (secondary N) is 1. The highest BCUT2D eigenvalue weighted by Crippen LogP contribution is 2.29. The molecular weight excluding hydrogens is 395 g/mol. The summed E-state index contributed by atoms with van der Waals surface area (Å²) in [6, 6.07) is 19.7. The maximum atomic E-state index is 14.7. The van der Waals surface area contributed by atoms with Crippen molar-refractivity contribution in [2.24, 2.45) is 0 Å². The summed E-state index contributed by atoms with van der Waals surface area (Å²) in [6.07, 6.45) is -0.107. The van der Waals surface area contributed by atoms with E-state index in [1.54, 1.807) is 12.1 Å². The Morgan fingerprint density at radius 1 is 1.16 bits per heavy atom. The number of aliphatic carboxylic acids is 1. The quantitative estimate of drug-likeness (QED) is 0.575. The van der Waals surface area contributed by atoms with Crippen LogP contribution in [0.5, 0.6) is 5.75 Å². The number of fused-ring (bicyclic) bond motifs is 1. The molecule has 4 rings (SSSR count). The zero-order chi connectivity index (χ0) is 22.0. The number of hydrogen-bond donors (Lipinski definition) is 2. The maximum absolute atomic E-state index is 14.7. The molecule has 0 spiro atoms. The van der Waals surface area contributed by atoms with Crippen LogP contribution in [0.3, 0.4) is 0 Å². The number of ether oxygens (including phenoxy) is 1. The zero-order valence-corrected chi connectivity index (χ0v) is 17.7. The summed E-state index contributed by atoms with van der Waals surface area (Å²) in [5.74, 6) is -1.27. The van der Waals surface area contributed by atoms with Crippen molar-refractivity contribution >= 4 is 22.4 Å². The molecule has 162 valence electrons. The van der Waals surface area contributed by atoms with E-state index in [-0.39, 0.29) is 17.8 Å². The van der Waals surface area contributed by atoms with Crippen molar-refractivity contribution in [3.05, 3.63) is 72.0 Å². The smallest absolute Gasteiger partial charge is 0.344 e. The second-order valence-electron chi connectivity index (χ2n) is 8.10. The highest BCUT2D eigenvalue weighted by Gasteiger charge is 2.26. The van der Waals surface area contributed by atoms with E-state index in [2.05, 4.69) is 48.6 Å². The molecule has 1 fully saturated rings. The fraction of sp³-hybridized carbons (Fsp3) is 0.320. The van der Waals surface area contributed by atoms with E-state index in [4.69, 9.17) is 9.84 Å². The Hall–Kier alpha value is -3.12. The first-order valence-electron chi connectivity index (χ1n) is 10.6. The Balaban J connectivity index is 1.42. The van der Waals surface area contributed by atoms with Gasteiger partial charge in [0.25, 0.3) is 0 Å². The minimum atomic E-state index is -1.08. The van der Waals surface area contributed by atoms with E-state index in [9.17, 15) is 9.18 Å².